The van der Waals surface area contributed by atoms with E-state index in [0.29, 0.717) is 12.3 Å². The fourth-order valence-corrected chi connectivity index (χ4v) is 1.40. The van der Waals surface area contributed by atoms with Crippen molar-refractivity contribution in [3.05, 3.63) is 23.8 Å². The maximum Gasteiger partial charge on any atom is 0.0702 e. The van der Waals surface area contributed by atoms with Gasteiger partial charge in [-0.2, -0.15) is 0 Å². The minimum absolute atomic E-state index is 0.00233. The van der Waals surface area contributed by atoms with Crippen LogP contribution in [0.3, 0.4) is 0 Å². The highest BCUT2D eigenvalue weighted by atomic mass is 16.5. The summed E-state index contributed by atoms with van der Waals surface area (Å²) in [6.45, 7) is 1.50. The lowest BCUT2D eigenvalue weighted by molar-refractivity contribution is 0.198. The largest absolute Gasteiger partial charge is 0.397 e. The van der Waals surface area contributed by atoms with E-state index in [-0.39, 0.29) is 6.61 Å². The van der Waals surface area contributed by atoms with Gasteiger partial charge in [0.15, 0.2) is 0 Å². The predicted molar refractivity (Wildman–Crippen MR) is 61.8 cm³/mol. The van der Waals surface area contributed by atoms with Gasteiger partial charge in [-0.05, 0) is 12.5 Å². The first-order valence-corrected chi connectivity index (χ1v) is 5.00. The monoisotopic (exact) mass is 210 g/mol. The average molecular weight is 210 g/mol. The van der Waals surface area contributed by atoms with Crippen LogP contribution >= 0.6 is 0 Å². The van der Waals surface area contributed by atoms with E-state index < -0.39 is 0 Å². The van der Waals surface area contributed by atoms with Gasteiger partial charge in [-0.1, -0.05) is 12.1 Å². The molecule has 0 aliphatic heterocycles. The molecule has 84 valence electrons. The van der Waals surface area contributed by atoms with Gasteiger partial charge in [0.25, 0.3) is 0 Å². The molecule has 0 spiro atoms. The number of aliphatic hydroxyl groups excluding tert-OH is 1. The predicted octanol–water partition coefficient (Wildman–Crippen LogP) is 1.21. The minimum atomic E-state index is -0.00233. The minimum Gasteiger partial charge on any atom is -0.397 e. The van der Waals surface area contributed by atoms with Crippen LogP contribution in [-0.4, -0.2) is 25.4 Å². The maximum absolute atomic E-state index is 9.13. The Balaban J connectivity index is 2.58. The first kappa shape index (κ1) is 11.8. The van der Waals surface area contributed by atoms with Gasteiger partial charge >= 0.3 is 0 Å². The first-order valence-electron chi connectivity index (χ1n) is 5.00. The summed E-state index contributed by atoms with van der Waals surface area (Å²) >= 11 is 0. The fraction of sp³-hybridized carbons (Fsp3) is 0.455. The van der Waals surface area contributed by atoms with Crippen LogP contribution in [0.5, 0.6) is 0 Å². The van der Waals surface area contributed by atoms with E-state index in [0.717, 1.165) is 24.2 Å². The van der Waals surface area contributed by atoms with Crippen molar-refractivity contribution in [2.24, 2.45) is 0 Å². The number of methoxy groups -OCH3 is 1. The molecule has 0 radical (unpaired) electrons. The second-order valence-electron chi connectivity index (χ2n) is 3.31. The number of aliphatic hydroxyl groups is 1. The molecule has 0 amide bonds. The lowest BCUT2D eigenvalue weighted by Gasteiger charge is -2.12. The topological polar surface area (TPSA) is 67.5 Å². The number of nitrogen functional groups attached to an aromatic ring is 1. The van der Waals surface area contributed by atoms with Crippen molar-refractivity contribution in [1.82, 2.24) is 0 Å². The molecule has 1 aromatic carbocycles. The van der Waals surface area contributed by atoms with Gasteiger partial charge in [0.1, 0.15) is 0 Å². The molecule has 0 unspecified atom stereocenters. The van der Waals surface area contributed by atoms with Crippen LogP contribution in [0.25, 0.3) is 0 Å². The molecule has 0 bridgehead atoms. The molecule has 0 aliphatic carbocycles. The number of nitrogens with two attached hydrogens (primary N) is 1. The van der Waals surface area contributed by atoms with Crippen LogP contribution < -0.4 is 11.1 Å². The molecule has 0 atom stereocenters. The Kier molecular flexibility index (Phi) is 4.93. The van der Waals surface area contributed by atoms with E-state index in [4.69, 9.17) is 15.6 Å². The summed E-state index contributed by atoms with van der Waals surface area (Å²) in [5.74, 6) is 0. The van der Waals surface area contributed by atoms with E-state index >= 15 is 0 Å². The Morgan fingerprint density at radius 3 is 2.93 bits per heavy atom. The van der Waals surface area contributed by atoms with Crippen molar-refractivity contribution in [3.8, 4) is 0 Å². The van der Waals surface area contributed by atoms with Crippen LogP contribution in [0, 0.1) is 0 Å². The highest BCUT2D eigenvalue weighted by Crippen LogP contribution is 2.23. The third-order valence-corrected chi connectivity index (χ3v) is 2.18. The third-order valence-electron chi connectivity index (χ3n) is 2.18. The summed E-state index contributed by atoms with van der Waals surface area (Å²) < 4.78 is 4.95. The van der Waals surface area contributed by atoms with Crippen LogP contribution in [-0.2, 0) is 11.3 Å². The SMILES string of the molecule is COCCCNc1c(N)cccc1CO. The average Bonchev–Trinajstić information content (AvgIpc) is 2.26. The number of benzene rings is 1. The van der Waals surface area contributed by atoms with E-state index in [1.165, 1.54) is 0 Å². The zero-order valence-electron chi connectivity index (χ0n) is 8.99. The molecule has 0 heterocycles. The number of para-hydroxylation sites is 1. The zero-order valence-corrected chi connectivity index (χ0v) is 8.99. The highest BCUT2D eigenvalue weighted by molar-refractivity contribution is 5.70. The standard InChI is InChI=1S/C11H18N2O2/c1-15-7-3-6-13-11-9(8-14)4-2-5-10(11)12/h2,4-5,13-14H,3,6-8,12H2,1H3. The molecule has 1 aromatic rings. The summed E-state index contributed by atoms with van der Waals surface area (Å²) in [7, 11) is 1.68. The van der Waals surface area contributed by atoms with E-state index in [1.807, 2.05) is 18.2 Å². The van der Waals surface area contributed by atoms with Crippen molar-refractivity contribution >= 4 is 11.4 Å². The van der Waals surface area contributed by atoms with Crippen molar-refractivity contribution in [3.63, 3.8) is 0 Å². The van der Waals surface area contributed by atoms with Gasteiger partial charge in [-0.15, -0.1) is 0 Å². The molecule has 4 N–H and O–H groups in total. The molecule has 4 nitrogen and oxygen atoms in total. The van der Waals surface area contributed by atoms with Gasteiger partial charge in [0.05, 0.1) is 18.0 Å². The molecule has 1 rings (SSSR count). The summed E-state index contributed by atoms with van der Waals surface area (Å²) in [4.78, 5) is 0. The molecule has 0 aromatic heterocycles. The molecular formula is C11H18N2O2. The Morgan fingerprint density at radius 1 is 1.47 bits per heavy atom. The third kappa shape index (κ3) is 3.42. The van der Waals surface area contributed by atoms with E-state index in [2.05, 4.69) is 5.32 Å². The summed E-state index contributed by atoms with van der Waals surface area (Å²) in [6.07, 6.45) is 0.912. The van der Waals surface area contributed by atoms with Crippen molar-refractivity contribution in [2.45, 2.75) is 13.0 Å². The number of hydrogen-bond acceptors (Lipinski definition) is 4. The van der Waals surface area contributed by atoms with Crippen LogP contribution in [0.4, 0.5) is 11.4 Å². The van der Waals surface area contributed by atoms with Gasteiger partial charge in [-0.25, -0.2) is 0 Å². The Labute approximate surface area is 90.1 Å². The van der Waals surface area contributed by atoms with Crippen molar-refractivity contribution in [2.75, 3.05) is 31.3 Å². The summed E-state index contributed by atoms with van der Waals surface area (Å²) in [6, 6.07) is 5.51. The molecular weight excluding hydrogens is 192 g/mol. The van der Waals surface area contributed by atoms with Crippen molar-refractivity contribution in [1.29, 1.82) is 0 Å². The molecule has 0 saturated carbocycles. The second-order valence-corrected chi connectivity index (χ2v) is 3.31. The van der Waals surface area contributed by atoms with Gasteiger partial charge in [0, 0.05) is 25.8 Å². The van der Waals surface area contributed by atoms with Crippen molar-refractivity contribution < 1.29 is 9.84 Å². The number of rotatable bonds is 6. The summed E-state index contributed by atoms with van der Waals surface area (Å²) in [5.41, 5.74) is 8.13. The number of anilines is 2. The molecule has 15 heavy (non-hydrogen) atoms. The molecule has 0 saturated heterocycles. The highest BCUT2D eigenvalue weighted by Gasteiger charge is 2.03. The summed E-state index contributed by atoms with van der Waals surface area (Å²) in [5, 5.41) is 12.3. The lowest BCUT2D eigenvalue weighted by Crippen LogP contribution is -2.08. The molecule has 0 aliphatic rings. The van der Waals surface area contributed by atoms with Gasteiger partial charge < -0.3 is 20.9 Å². The maximum atomic E-state index is 9.13. The normalized spacial score (nSPS) is 10.3. The zero-order chi connectivity index (χ0) is 11.1. The first-order chi connectivity index (χ1) is 7.29. The van der Waals surface area contributed by atoms with E-state index in [9.17, 15) is 0 Å². The Morgan fingerprint density at radius 2 is 2.27 bits per heavy atom. The van der Waals surface area contributed by atoms with Crippen LogP contribution in [0.2, 0.25) is 0 Å². The quantitative estimate of drug-likeness (QED) is 0.487. The lowest BCUT2D eigenvalue weighted by atomic mass is 10.1. The van der Waals surface area contributed by atoms with Crippen LogP contribution in [0.1, 0.15) is 12.0 Å². The number of nitrogens with one attached hydrogen (secondary N) is 1. The smallest absolute Gasteiger partial charge is 0.0702 e. The molecule has 0 fully saturated rings. The van der Waals surface area contributed by atoms with Gasteiger partial charge in [-0.3, -0.25) is 0 Å². The number of ether oxygens (including phenoxy) is 1. The number of hydrogen-bond donors (Lipinski definition) is 3. The van der Waals surface area contributed by atoms with E-state index in [1.54, 1.807) is 7.11 Å². The Bertz CT molecular complexity index is 303. The second kappa shape index (κ2) is 6.27. The van der Waals surface area contributed by atoms with Crippen LogP contribution in [0.15, 0.2) is 18.2 Å². The molecule has 4 heteroatoms. The van der Waals surface area contributed by atoms with Gasteiger partial charge in [0.2, 0.25) is 0 Å². The fourth-order valence-electron chi connectivity index (χ4n) is 1.40. The Hall–Kier alpha value is -1.26.